The van der Waals surface area contributed by atoms with Crippen LogP contribution in [0, 0.1) is 11.8 Å². The molecule has 0 atom stereocenters. The zero-order valence-corrected chi connectivity index (χ0v) is 12.5. The van der Waals surface area contributed by atoms with Gasteiger partial charge in [-0.3, -0.25) is 4.79 Å². The van der Waals surface area contributed by atoms with Gasteiger partial charge < -0.3 is 10.0 Å². The maximum absolute atomic E-state index is 12.7. The van der Waals surface area contributed by atoms with Gasteiger partial charge >= 0.3 is 0 Å². The standard InChI is InChI=1S/C17H22N2O2/c1-19(15-10-4-2-3-5-11-15)17(21)16-14(9-7-13-20)8-6-12-18-16/h6,8,12,15,20H,2-5,10-11,13H2,1H3. The summed E-state index contributed by atoms with van der Waals surface area (Å²) in [6.45, 7) is -0.221. The van der Waals surface area contributed by atoms with Crippen molar-refractivity contribution in [3.8, 4) is 11.8 Å². The lowest BCUT2D eigenvalue weighted by molar-refractivity contribution is 0.0711. The van der Waals surface area contributed by atoms with Gasteiger partial charge in [0, 0.05) is 19.3 Å². The molecule has 0 radical (unpaired) electrons. The summed E-state index contributed by atoms with van der Waals surface area (Å²) in [5, 5.41) is 8.81. The molecule has 2 rings (SSSR count). The minimum Gasteiger partial charge on any atom is -0.384 e. The SMILES string of the molecule is CN(C(=O)c1ncccc1C#CCO)C1CCCCCC1. The fraction of sp³-hybridized carbons (Fsp3) is 0.529. The van der Waals surface area contributed by atoms with Gasteiger partial charge in [0.25, 0.3) is 5.91 Å². The van der Waals surface area contributed by atoms with Crippen molar-refractivity contribution in [1.29, 1.82) is 0 Å². The topological polar surface area (TPSA) is 53.4 Å². The minimum absolute atomic E-state index is 0.0789. The summed E-state index contributed by atoms with van der Waals surface area (Å²) in [6.07, 6.45) is 8.62. The molecule has 1 aromatic rings. The van der Waals surface area contributed by atoms with E-state index in [0.29, 0.717) is 17.3 Å². The van der Waals surface area contributed by atoms with Crippen LogP contribution in [0.2, 0.25) is 0 Å². The Morgan fingerprint density at radius 1 is 1.38 bits per heavy atom. The fourth-order valence-corrected chi connectivity index (χ4v) is 2.79. The minimum atomic E-state index is -0.221. The van der Waals surface area contributed by atoms with Crippen LogP contribution >= 0.6 is 0 Å². The number of nitrogens with zero attached hydrogens (tertiary/aromatic N) is 2. The predicted molar refractivity (Wildman–Crippen MR) is 81.8 cm³/mol. The van der Waals surface area contributed by atoms with E-state index in [0.717, 1.165) is 12.8 Å². The van der Waals surface area contributed by atoms with Crippen LogP contribution in [0.4, 0.5) is 0 Å². The summed E-state index contributed by atoms with van der Waals surface area (Å²) in [5.74, 6) is 5.31. The van der Waals surface area contributed by atoms with Gasteiger partial charge in [0.15, 0.2) is 0 Å². The van der Waals surface area contributed by atoms with E-state index in [1.807, 2.05) is 11.9 Å². The first-order chi connectivity index (χ1) is 10.2. The second-order valence-electron chi connectivity index (χ2n) is 5.42. The van der Waals surface area contributed by atoms with Gasteiger partial charge in [0.05, 0.1) is 5.56 Å². The molecule has 0 unspecified atom stereocenters. The Bertz CT molecular complexity index is 537. The molecule has 4 nitrogen and oxygen atoms in total. The van der Waals surface area contributed by atoms with Crippen LogP contribution in [0.25, 0.3) is 0 Å². The second kappa shape index (κ2) is 7.80. The molecule has 0 aromatic carbocycles. The van der Waals surface area contributed by atoms with E-state index in [-0.39, 0.29) is 12.5 Å². The van der Waals surface area contributed by atoms with E-state index < -0.39 is 0 Å². The molecular weight excluding hydrogens is 264 g/mol. The zero-order valence-electron chi connectivity index (χ0n) is 12.5. The molecule has 1 heterocycles. The van der Waals surface area contributed by atoms with E-state index in [1.165, 1.54) is 25.7 Å². The summed E-state index contributed by atoms with van der Waals surface area (Å²) in [6, 6.07) is 3.81. The molecule has 0 bridgehead atoms. The van der Waals surface area contributed by atoms with E-state index in [2.05, 4.69) is 16.8 Å². The van der Waals surface area contributed by atoms with Crippen LogP contribution in [0.5, 0.6) is 0 Å². The van der Waals surface area contributed by atoms with Gasteiger partial charge in [-0.25, -0.2) is 4.98 Å². The lowest BCUT2D eigenvalue weighted by Gasteiger charge is -2.27. The second-order valence-corrected chi connectivity index (χ2v) is 5.42. The summed E-state index contributed by atoms with van der Waals surface area (Å²) in [5.41, 5.74) is 0.960. The van der Waals surface area contributed by atoms with Crippen molar-refractivity contribution in [1.82, 2.24) is 9.88 Å². The van der Waals surface area contributed by atoms with E-state index in [4.69, 9.17) is 5.11 Å². The molecule has 1 aliphatic rings. The Balaban J connectivity index is 2.18. The largest absolute Gasteiger partial charge is 0.384 e. The van der Waals surface area contributed by atoms with Crippen molar-refractivity contribution in [3.63, 3.8) is 0 Å². The van der Waals surface area contributed by atoms with Crippen LogP contribution < -0.4 is 0 Å². The number of rotatable bonds is 2. The molecule has 1 N–H and O–H groups in total. The highest BCUT2D eigenvalue weighted by Crippen LogP contribution is 2.22. The first-order valence-electron chi connectivity index (χ1n) is 7.56. The Hall–Kier alpha value is -1.86. The van der Waals surface area contributed by atoms with Crippen LogP contribution in [0.1, 0.15) is 54.6 Å². The molecule has 4 heteroatoms. The van der Waals surface area contributed by atoms with E-state index in [1.54, 1.807) is 18.3 Å². The summed E-state index contributed by atoms with van der Waals surface area (Å²) in [4.78, 5) is 18.7. The quantitative estimate of drug-likeness (QED) is 0.670. The molecule has 0 spiro atoms. The normalized spacial score (nSPS) is 15.7. The molecule has 21 heavy (non-hydrogen) atoms. The maximum Gasteiger partial charge on any atom is 0.273 e. The molecular formula is C17H22N2O2. The number of carbonyl (C=O) groups excluding carboxylic acids is 1. The Labute approximate surface area is 126 Å². The van der Waals surface area contributed by atoms with Crippen molar-refractivity contribution in [2.24, 2.45) is 0 Å². The maximum atomic E-state index is 12.7. The van der Waals surface area contributed by atoms with Crippen molar-refractivity contribution < 1.29 is 9.90 Å². The Kier molecular flexibility index (Phi) is 5.77. The Morgan fingerprint density at radius 3 is 2.76 bits per heavy atom. The molecule has 1 aliphatic carbocycles. The van der Waals surface area contributed by atoms with Gasteiger partial charge in [-0.2, -0.15) is 0 Å². The molecule has 1 saturated carbocycles. The van der Waals surface area contributed by atoms with Crippen molar-refractivity contribution in [2.75, 3.05) is 13.7 Å². The molecule has 0 aliphatic heterocycles. The Morgan fingerprint density at radius 2 is 2.10 bits per heavy atom. The smallest absolute Gasteiger partial charge is 0.273 e. The van der Waals surface area contributed by atoms with Crippen LogP contribution in [-0.2, 0) is 0 Å². The number of amides is 1. The summed E-state index contributed by atoms with van der Waals surface area (Å²) < 4.78 is 0. The van der Waals surface area contributed by atoms with Crippen molar-refractivity contribution in [3.05, 3.63) is 29.6 Å². The number of hydrogen-bond donors (Lipinski definition) is 1. The monoisotopic (exact) mass is 286 g/mol. The highest BCUT2D eigenvalue weighted by molar-refractivity contribution is 5.94. The van der Waals surface area contributed by atoms with Crippen LogP contribution in [0.3, 0.4) is 0 Å². The third-order valence-corrected chi connectivity index (χ3v) is 4.01. The van der Waals surface area contributed by atoms with Crippen LogP contribution in [-0.4, -0.2) is 40.6 Å². The first kappa shape index (κ1) is 15.5. The number of pyridine rings is 1. The fourth-order valence-electron chi connectivity index (χ4n) is 2.79. The first-order valence-corrected chi connectivity index (χ1v) is 7.56. The number of aromatic nitrogens is 1. The molecule has 1 fully saturated rings. The zero-order chi connectivity index (χ0) is 15.1. The lowest BCUT2D eigenvalue weighted by Crippen LogP contribution is -2.37. The number of hydrogen-bond acceptors (Lipinski definition) is 3. The molecule has 112 valence electrons. The highest BCUT2D eigenvalue weighted by atomic mass is 16.2. The summed E-state index contributed by atoms with van der Waals surface area (Å²) >= 11 is 0. The van der Waals surface area contributed by atoms with Gasteiger partial charge in [0.2, 0.25) is 0 Å². The predicted octanol–water partition coefficient (Wildman–Crippen LogP) is 2.22. The van der Waals surface area contributed by atoms with Crippen LogP contribution in [0.15, 0.2) is 18.3 Å². The number of carbonyl (C=O) groups is 1. The third-order valence-electron chi connectivity index (χ3n) is 4.01. The average molecular weight is 286 g/mol. The highest BCUT2D eigenvalue weighted by Gasteiger charge is 2.24. The van der Waals surface area contributed by atoms with Crippen molar-refractivity contribution >= 4 is 5.91 Å². The molecule has 0 saturated heterocycles. The lowest BCUT2D eigenvalue weighted by atomic mass is 10.1. The number of aliphatic hydroxyl groups excluding tert-OH is 1. The molecule has 1 amide bonds. The molecule has 1 aromatic heterocycles. The van der Waals surface area contributed by atoms with Gasteiger partial charge in [-0.05, 0) is 25.0 Å². The van der Waals surface area contributed by atoms with E-state index >= 15 is 0 Å². The summed E-state index contributed by atoms with van der Waals surface area (Å²) in [7, 11) is 1.86. The van der Waals surface area contributed by atoms with Gasteiger partial charge in [-0.1, -0.05) is 37.5 Å². The van der Waals surface area contributed by atoms with Gasteiger partial charge in [0.1, 0.15) is 12.3 Å². The average Bonchev–Trinajstić information content (AvgIpc) is 2.81. The van der Waals surface area contributed by atoms with E-state index in [9.17, 15) is 4.79 Å². The number of aliphatic hydroxyl groups is 1. The third kappa shape index (κ3) is 4.05. The van der Waals surface area contributed by atoms with Gasteiger partial charge in [-0.15, -0.1) is 0 Å². The van der Waals surface area contributed by atoms with Crippen molar-refractivity contribution in [2.45, 2.75) is 44.6 Å².